The number of hydrogen-bond donors (Lipinski definition) is 2. The molecule has 0 saturated carbocycles. The molecule has 2 aromatic rings. The van der Waals surface area contributed by atoms with Crippen LogP contribution in [0.4, 0.5) is 0 Å². The zero-order chi connectivity index (χ0) is 22.4. The highest BCUT2D eigenvalue weighted by Gasteiger charge is 1.98. The predicted molar refractivity (Wildman–Crippen MR) is 124 cm³/mol. The second-order valence-electron chi connectivity index (χ2n) is 5.10. The van der Waals surface area contributed by atoms with Crippen LogP contribution < -0.4 is 9.47 Å². The van der Waals surface area contributed by atoms with Gasteiger partial charge >= 0.3 is 0 Å². The number of terminal acetylenes is 1. The topological polar surface area (TPSA) is 58.9 Å². The fraction of sp³-hybridized carbons (Fsp3) is 0.391. The fourth-order valence-electron chi connectivity index (χ4n) is 1.61. The third-order valence-corrected chi connectivity index (χ3v) is 2.81. The molecule has 0 aliphatic rings. The van der Waals surface area contributed by atoms with Crippen LogP contribution in [0.5, 0.6) is 17.2 Å². The summed E-state index contributed by atoms with van der Waals surface area (Å²) >= 11 is 0.750. The van der Waals surface area contributed by atoms with Crippen LogP contribution in [0, 0.1) is 12.3 Å². The van der Waals surface area contributed by atoms with Crippen molar-refractivity contribution in [3.63, 3.8) is 0 Å². The molecule has 2 N–H and O–H groups in total. The van der Waals surface area contributed by atoms with E-state index < -0.39 is 0 Å². The Morgan fingerprint density at radius 3 is 1.68 bits per heavy atom. The molecule has 2 aromatic carbocycles. The van der Waals surface area contributed by atoms with E-state index in [2.05, 4.69) is 38.3 Å². The van der Waals surface area contributed by atoms with Gasteiger partial charge in [-0.05, 0) is 54.7 Å². The molecule has 0 fully saturated rings. The van der Waals surface area contributed by atoms with E-state index in [1.165, 1.54) is 5.56 Å². The maximum atomic E-state index is 8.86. The van der Waals surface area contributed by atoms with E-state index in [0.29, 0.717) is 11.7 Å². The number of aromatic hydroxyl groups is 1. The first-order valence-electron chi connectivity index (χ1n) is 8.91. The predicted octanol–water partition coefficient (Wildman–Crippen LogP) is 6.71. The molecule has 0 atom stereocenters. The van der Waals surface area contributed by atoms with Gasteiger partial charge in [-0.2, -0.15) is 0 Å². The first kappa shape index (κ1) is 30.4. The molecule has 0 unspecified atom stereocenters. The lowest BCUT2D eigenvalue weighted by Crippen LogP contribution is -1.88. The van der Waals surface area contributed by atoms with E-state index in [9.17, 15) is 0 Å². The van der Waals surface area contributed by atoms with Gasteiger partial charge in [0.1, 0.15) is 17.2 Å². The van der Waals surface area contributed by atoms with Crippen molar-refractivity contribution in [1.29, 1.82) is 0 Å². The van der Waals surface area contributed by atoms with Crippen LogP contribution in [0.1, 0.15) is 46.1 Å². The van der Waals surface area contributed by atoms with Crippen LogP contribution in [-0.4, -0.2) is 30.1 Å². The molecule has 0 aliphatic heterocycles. The summed E-state index contributed by atoms with van der Waals surface area (Å²) in [5.41, 5.74) is 1.32. The second-order valence-corrected chi connectivity index (χ2v) is 5.47. The molecular formula is C23H36O4S. The molecule has 5 heteroatoms. The van der Waals surface area contributed by atoms with E-state index >= 15 is 0 Å². The summed E-state index contributed by atoms with van der Waals surface area (Å²) in [5.74, 6) is 4.67. The second kappa shape index (κ2) is 22.8. The number of hydrogen-bond acceptors (Lipinski definition) is 5. The molecular weight excluding hydrogens is 372 g/mol. The van der Waals surface area contributed by atoms with Crippen molar-refractivity contribution >= 4 is 12.0 Å². The van der Waals surface area contributed by atoms with Gasteiger partial charge in [-0.1, -0.05) is 45.9 Å². The van der Waals surface area contributed by atoms with Crippen molar-refractivity contribution in [2.45, 2.75) is 40.5 Å². The maximum Gasteiger partial charge on any atom is 0.122 e. The first-order valence-corrected chi connectivity index (χ1v) is 10.1. The Morgan fingerprint density at radius 2 is 1.36 bits per heavy atom. The molecule has 0 spiro atoms. The van der Waals surface area contributed by atoms with E-state index in [4.69, 9.17) is 19.1 Å². The van der Waals surface area contributed by atoms with Gasteiger partial charge in [0.2, 0.25) is 0 Å². The number of phenolic OH excluding ortho intramolecular Hbond substituents is 1. The number of rotatable bonds is 3. The summed E-state index contributed by atoms with van der Waals surface area (Å²) in [6.07, 6.45) is 6.19. The van der Waals surface area contributed by atoms with Crippen LogP contribution >= 0.6 is 12.0 Å². The van der Waals surface area contributed by atoms with Gasteiger partial charge in [0.25, 0.3) is 0 Å². The lowest BCUT2D eigenvalue weighted by Gasteiger charge is -2.06. The van der Waals surface area contributed by atoms with Gasteiger partial charge in [-0.15, -0.1) is 12.3 Å². The fourth-order valence-corrected chi connectivity index (χ4v) is 1.61. The van der Waals surface area contributed by atoms with Crippen LogP contribution in [0.3, 0.4) is 0 Å². The summed E-state index contributed by atoms with van der Waals surface area (Å²) in [6, 6.07) is 14.8. The third-order valence-electron chi connectivity index (χ3n) is 2.81. The smallest absolute Gasteiger partial charge is 0.122 e. The normalized spacial score (nSPS) is 8.04. The van der Waals surface area contributed by atoms with E-state index in [1.54, 1.807) is 51.7 Å². The largest absolute Gasteiger partial charge is 0.508 e. The Morgan fingerprint density at radius 1 is 0.964 bits per heavy atom. The lowest BCUT2D eigenvalue weighted by atomic mass is 10.0. The number of methoxy groups -OCH3 is 2. The monoisotopic (exact) mass is 408 g/mol. The van der Waals surface area contributed by atoms with E-state index in [0.717, 1.165) is 17.8 Å². The molecule has 0 radical (unpaired) electrons. The van der Waals surface area contributed by atoms with E-state index in [-0.39, 0.29) is 5.75 Å². The Balaban J connectivity index is -0.000000330. The summed E-state index contributed by atoms with van der Waals surface area (Å²) in [5, 5.41) is 8.86. The highest BCUT2D eigenvalue weighted by atomic mass is 32.2. The van der Waals surface area contributed by atoms with Crippen LogP contribution in [0.25, 0.3) is 0 Å². The molecule has 2 rings (SSSR count). The summed E-state index contributed by atoms with van der Waals surface area (Å²) in [7, 11) is 3.26. The molecule has 4 nitrogen and oxygen atoms in total. The van der Waals surface area contributed by atoms with Crippen molar-refractivity contribution < 1.29 is 19.1 Å². The van der Waals surface area contributed by atoms with Gasteiger partial charge in [-0.3, -0.25) is 0 Å². The number of phenols is 1. The van der Waals surface area contributed by atoms with Gasteiger partial charge in [-0.25, -0.2) is 0 Å². The van der Waals surface area contributed by atoms with Crippen LogP contribution in [-0.2, 0) is 0 Å². The highest BCUT2D eigenvalue weighted by molar-refractivity contribution is 7.93. The molecule has 0 amide bonds. The minimum Gasteiger partial charge on any atom is -0.508 e. The molecule has 0 aliphatic carbocycles. The average molecular weight is 409 g/mol. The maximum absolute atomic E-state index is 8.86. The minimum atomic E-state index is 0.231. The van der Waals surface area contributed by atoms with Crippen molar-refractivity contribution in [3.8, 4) is 29.6 Å². The number of ether oxygens (including phenoxy) is 2. The first-order chi connectivity index (χ1) is 13.4. The Kier molecular flexibility index (Phi) is 24.7. The molecule has 28 heavy (non-hydrogen) atoms. The Hall–Kier alpha value is -2.29. The lowest BCUT2D eigenvalue weighted by molar-refractivity contribution is 0.407. The van der Waals surface area contributed by atoms with Gasteiger partial charge < -0.3 is 19.1 Å². The molecule has 158 valence electrons. The summed E-state index contributed by atoms with van der Waals surface area (Å²) in [4.78, 5) is 0. The highest BCUT2D eigenvalue weighted by Crippen LogP contribution is 2.19. The zero-order valence-corrected chi connectivity index (χ0v) is 19.2. The SMILES string of the molecule is C#CC.CC.COc1cccc(C(C)C)c1.COc1cccc(O)c1.CSO. The minimum absolute atomic E-state index is 0.231. The standard InChI is InChI=1S/C10H14O.C7H8O2.C3H4.C2H6.CH4OS/c1-8(2)9-5-4-6-10(7-9)11-3;1-9-7-4-2-3-6(8)5-7;1-3-2;1-2;1-3-2/h4-8H,1-3H3;2-5,8H,1H3;1H,2H3;1-2H3;2H,1H3. The Labute approximate surface area is 176 Å². The van der Waals surface area contributed by atoms with Crippen molar-refractivity contribution in [2.75, 3.05) is 20.5 Å². The van der Waals surface area contributed by atoms with E-state index in [1.807, 2.05) is 26.0 Å². The molecule has 0 aromatic heterocycles. The summed E-state index contributed by atoms with van der Waals surface area (Å²) < 4.78 is 17.4. The van der Waals surface area contributed by atoms with Crippen molar-refractivity contribution in [3.05, 3.63) is 54.1 Å². The zero-order valence-electron chi connectivity index (χ0n) is 18.4. The molecule has 0 saturated heterocycles. The van der Waals surface area contributed by atoms with Gasteiger partial charge in [0, 0.05) is 12.3 Å². The van der Waals surface area contributed by atoms with Gasteiger partial charge in [0.15, 0.2) is 0 Å². The Bertz CT molecular complexity index is 622. The quantitative estimate of drug-likeness (QED) is 0.437. The number of benzene rings is 2. The average Bonchev–Trinajstić information content (AvgIpc) is 2.71. The summed E-state index contributed by atoms with van der Waals surface area (Å²) in [6.45, 7) is 10.0. The van der Waals surface area contributed by atoms with Crippen molar-refractivity contribution in [2.24, 2.45) is 0 Å². The third kappa shape index (κ3) is 18.5. The molecule has 0 bridgehead atoms. The van der Waals surface area contributed by atoms with Crippen LogP contribution in [0.2, 0.25) is 0 Å². The van der Waals surface area contributed by atoms with Gasteiger partial charge in [0.05, 0.1) is 14.2 Å². The van der Waals surface area contributed by atoms with Crippen molar-refractivity contribution in [1.82, 2.24) is 0 Å². The molecule has 0 heterocycles. The van der Waals surface area contributed by atoms with Crippen LogP contribution in [0.15, 0.2) is 48.5 Å².